The van der Waals surface area contributed by atoms with Crippen LogP contribution in [0.1, 0.15) is 45.6 Å². The van der Waals surface area contributed by atoms with Crippen molar-refractivity contribution >= 4 is 34.3 Å². The second-order valence-electron chi connectivity index (χ2n) is 8.48. The van der Waals surface area contributed by atoms with Crippen LogP contribution in [0.4, 0.5) is 16.3 Å². The van der Waals surface area contributed by atoms with Crippen molar-refractivity contribution in [3.8, 4) is 0 Å². The average Bonchev–Trinajstić information content (AvgIpc) is 2.73. The maximum Gasteiger partial charge on any atom is 0.408 e. The highest BCUT2D eigenvalue weighted by molar-refractivity contribution is 5.92. The van der Waals surface area contributed by atoms with Gasteiger partial charge in [0.05, 0.1) is 0 Å². The predicted molar refractivity (Wildman–Crippen MR) is 123 cm³/mol. The number of nitrogens with zero attached hydrogens (tertiary/aromatic N) is 2. The highest BCUT2D eigenvalue weighted by Gasteiger charge is 2.31. The largest absolute Gasteiger partial charge is 0.480 e. The lowest BCUT2D eigenvalue weighted by Crippen LogP contribution is -2.46. The number of aliphatic carboxylic acids is 1. The molecule has 0 saturated carbocycles. The van der Waals surface area contributed by atoms with Gasteiger partial charge in [-0.1, -0.05) is 19.1 Å². The zero-order valence-corrected chi connectivity index (χ0v) is 18.6. The first-order chi connectivity index (χ1) is 15.2. The molecule has 0 fully saturated rings. The Morgan fingerprint density at radius 3 is 2.44 bits per heavy atom. The molecule has 1 amide bonds. The van der Waals surface area contributed by atoms with Crippen LogP contribution in [0.3, 0.4) is 0 Å². The minimum absolute atomic E-state index is 0.421. The molecule has 0 aliphatic carbocycles. The number of benzene rings is 1. The summed E-state index contributed by atoms with van der Waals surface area (Å²) >= 11 is 0. The van der Waals surface area contributed by atoms with E-state index < -0.39 is 29.6 Å². The van der Waals surface area contributed by atoms with E-state index >= 15 is 0 Å². The van der Waals surface area contributed by atoms with Crippen molar-refractivity contribution in [2.45, 2.75) is 51.7 Å². The predicted octanol–water partition coefficient (Wildman–Crippen LogP) is 4.84. The minimum Gasteiger partial charge on any atom is -0.480 e. The third kappa shape index (κ3) is 5.72. The molecule has 168 valence electrons. The molecule has 0 spiro atoms. The van der Waals surface area contributed by atoms with Gasteiger partial charge in [0, 0.05) is 41.0 Å². The lowest BCUT2D eigenvalue weighted by Gasteiger charge is -2.26. The lowest BCUT2D eigenvalue weighted by atomic mass is 9.89. The fraction of sp³-hybridized carbons (Fsp3) is 0.333. The number of pyridine rings is 2. The maximum absolute atomic E-state index is 12.2. The lowest BCUT2D eigenvalue weighted by molar-refractivity contribution is -0.140. The number of hydrogen-bond acceptors (Lipinski definition) is 6. The van der Waals surface area contributed by atoms with Crippen LogP contribution < -0.4 is 10.6 Å². The highest BCUT2D eigenvalue weighted by Crippen LogP contribution is 2.28. The Bertz CT molecular complexity index is 1090. The molecule has 1 aromatic carbocycles. The van der Waals surface area contributed by atoms with E-state index in [0.29, 0.717) is 12.2 Å². The van der Waals surface area contributed by atoms with Gasteiger partial charge in [-0.05, 0) is 57.0 Å². The van der Waals surface area contributed by atoms with Gasteiger partial charge in [-0.15, -0.1) is 0 Å². The number of rotatable bonds is 7. The first kappa shape index (κ1) is 23.0. The number of carboxylic acid groups (broad SMARTS) is 1. The van der Waals surface area contributed by atoms with Crippen molar-refractivity contribution in [1.29, 1.82) is 0 Å². The van der Waals surface area contributed by atoms with Gasteiger partial charge in [0.2, 0.25) is 0 Å². The van der Waals surface area contributed by atoms with Gasteiger partial charge < -0.3 is 20.5 Å². The summed E-state index contributed by atoms with van der Waals surface area (Å²) in [5.74, 6) is -0.825. The van der Waals surface area contributed by atoms with Gasteiger partial charge in [0.1, 0.15) is 17.5 Å². The molecule has 8 nitrogen and oxygen atoms in total. The van der Waals surface area contributed by atoms with Crippen molar-refractivity contribution in [1.82, 2.24) is 15.3 Å². The van der Waals surface area contributed by atoms with E-state index in [1.807, 2.05) is 43.3 Å². The number of anilines is 2. The highest BCUT2D eigenvalue weighted by atomic mass is 16.6. The van der Waals surface area contributed by atoms with Crippen LogP contribution in [0.15, 0.2) is 55.0 Å². The first-order valence-corrected chi connectivity index (χ1v) is 10.5. The fourth-order valence-electron chi connectivity index (χ4n) is 3.50. The monoisotopic (exact) mass is 436 g/mol. The summed E-state index contributed by atoms with van der Waals surface area (Å²) in [6, 6.07) is 10.1. The van der Waals surface area contributed by atoms with Crippen molar-refractivity contribution in [2.24, 2.45) is 0 Å². The number of hydrogen-bond donors (Lipinski definition) is 3. The Kier molecular flexibility index (Phi) is 6.92. The molecular formula is C24H28N4O4. The minimum atomic E-state index is -1.11. The molecule has 0 saturated heterocycles. The number of alkyl carbamates (subject to hydrolysis) is 1. The number of ether oxygens (including phenoxy) is 1. The summed E-state index contributed by atoms with van der Waals surface area (Å²) in [4.78, 5) is 32.6. The third-order valence-corrected chi connectivity index (χ3v) is 4.95. The second kappa shape index (κ2) is 9.64. The Labute approximate surface area is 187 Å². The van der Waals surface area contributed by atoms with Crippen molar-refractivity contribution < 1.29 is 19.4 Å². The van der Waals surface area contributed by atoms with E-state index in [1.54, 1.807) is 39.4 Å². The summed E-state index contributed by atoms with van der Waals surface area (Å²) in [6.07, 6.45) is 4.98. The SMILES string of the molecule is CCC(c1ccc(Nc2nccc3cnccc23)cc1)[C@H](NC(=O)OC(C)(C)C)C(=O)O. The van der Waals surface area contributed by atoms with Crippen LogP contribution in [0.5, 0.6) is 0 Å². The quantitative estimate of drug-likeness (QED) is 0.485. The number of aromatic nitrogens is 2. The van der Waals surface area contributed by atoms with Crippen molar-refractivity contribution in [2.75, 3.05) is 5.32 Å². The summed E-state index contributed by atoms with van der Waals surface area (Å²) in [5, 5.41) is 17.5. The summed E-state index contributed by atoms with van der Waals surface area (Å²) in [6.45, 7) is 7.07. The molecule has 1 unspecified atom stereocenters. The van der Waals surface area contributed by atoms with E-state index in [0.717, 1.165) is 22.0 Å². The van der Waals surface area contributed by atoms with E-state index in [-0.39, 0.29) is 0 Å². The fourth-order valence-corrected chi connectivity index (χ4v) is 3.50. The molecule has 3 N–H and O–H groups in total. The number of carbonyl (C=O) groups excluding carboxylic acids is 1. The molecule has 2 atom stereocenters. The Morgan fingerprint density at radius 2 is 1.81 bits per heavy atom. The third-order valence-electron chi connectivity index (χ3n) is 4.95. The van der Waals surface area contributed by atoms with Crippen LogP contribution in [-0.2, 0) is 9.53 Å². The number of fused-ring (bicyclic) bond motifs is 1. The van der Waals surface area contributed by atoms with Crippen LogP contribution in [0.2, 0.25) is 0 Å². The van der Waals surface area contributed by atoms with Gasteiger partial charge in [0.25, 0.3) is 0 Å². The van der Waals surface area contributed by atoms with Crippen LogP contribution in [0.25, 0.3) is 10.8 Å². The maximum atomic E-state index is 12.2. The molecule has 3 rings (SSSR count). The van der Waals surface area contributed by atoms with Crippen LogP contribution in [-0.4, -0.2) is 38.8 Å². The van der Waals surface area contributed by atoms with Crippen LogP contribution in [0, 0.1) is 0 Å². The zero-order valence-electron chi connectivity index (χ0n) is 18.6. The topological polar surface area (TPSA) is 113 Å². The second-order valence-corrected chi connectivity index (χ2v) is 8.48. The average molecular weight is 437 g/mol. The molecule has 2 aromatic heterocycles. The Balaban J connectivity index is 1.78. The molecule has 0 aliphatic heterocycles. The van der Waals surface area contributed by atoms with Crippen LogP contribution >= 0.6 is 0 Å². The molecule has 2 heterocycles. The Morgan fingerprint density at radius 1 is 1.09 bits per heavy atom. The number of carbonyl (C=O) groups is 2. The van der Waals surface area contributed by atoms with Gasteiger partial charge in [-0.25, -0.2) is 14.6 Å². The molecule has 0 aliphatic rings. The van der Waals surface area contributed by atoms with Gasteiger partial charge in [0.15, 0.2) is 0 Å². The summed E-state index contributed by atoms with van der Waals surface area (Å²) < 4.78 is 5.23. The van der Waals surface area contributed by atoms with E-state index in [2.05, 4.69) is 20.6 Å². The molecule has 8 heteroatoms. The smallest absolute Gasteiger partial charge is 0.408 e. The molecule has 32 heavy (non-hydrogen) atoms. The van der Waals surface area contributed by atoms with Gasteiger partial charge >= 0.3 is 12.1 Å². The number of amides is 1. The van der Waals surface area contributed by atoms with Crippen molar-refractivity contribution in [3.63, 3.8) is 0 Å². The van der Waals surface area contributed by atoms with E-state index in [9.17, 15) is 14.7 Å². The Hall–Kier alpha value is -3.68. The zero-order chi connectivity index (χ0) is 23.3. The normalized spacial score (nSPS) is 13.2. The standard InChI is InChI=1S/C24H28N4O4/c1-5-18(20(22(29)30)28-23(31)32-24(2,3)4)15-6-8-17(9-7-15)27-21-19-11-12-25-14-16(19)10-13-26-21/h6-14,18,20H,5H2,1-4H3,(H,26,27)(H,28,31)(H,29,30)/t18?,20-/m0/s1. The van der Waals surface area contributed by atoms with E-state index in [4.69, 9.17) is 4.74 Å². The van der Waals surface area contributed by atoms with Crippen molar-refractivity contribution in [3.05, 3.63) is 60.6 Å². The molecular weight excluding hydrogens is 408 g/mol. The van der Waals surface area contributed by atoms with E-state index in [1.165, 1.54) is 0 Å². The summed E-state index contributed by atoms with van der Waals surface area (Å²) in [5.41, 5.74) is 0.900. The first-order valence-electron chi connectivity index (χ1n) is 10.5. The molecule has 3 aromatic rings. The molecule has 0 radical (unpaired) electrons. The molecule has 0 bridgehead atoms. The summed E-state index contributed by atoms with van der Waals surface area (Å²) in [7, 11) is 0. The number of carboxylic acids is 1. The van der Waals surface area contributed by atoms with Gasteiger partial charge in [-0.2, -0.15) is 0 Å². The van der Waals surface area contributed by atoms with Gasteiger partial charge in [-0.3, -0.25) is 4.98 Å². The number of nitrogens with one attached hydrogen (secondary N) is 2.